The highest BCUT2D eigenvalue weighted by Crippen LogP contribution is 2.25. The van der Waals surface area contributed by atoms with E-state index in [0.29, 0.717) is 16.5 Å². The van der Waals surface area contributed by atoms with Gasteiger partial charge >= 0.3 is 0 Å². The van der Waals surface area contributed by atoms with Crippen molar-refractivity contribution in [3.8, 4) is 5.75 Å². The SMILES string of the molecule is CCCc1ccc(OCC(=O)Nc2ccc(Br)cc2Cl)cc1. The van der Waals surface area contributed by atoms with Gasteiger partial charge in [0.15, 0.2) is 6.61 Å². The molecule has 0 heterocycles. The molecular weight excluding hydrogens is 366 g/mol. The Morgan fingerprint density at radius 1 is 1.23 bits per heavy atom. The first-order valence-electron chi connectivity index (χ1n) is 7.05. The van der Waals surface area contributed by atoms with Crippen LogP contribution in [0.15, 0.2) is 46.9 Å². The van der Waals surface area contributed by atoms with Crippen molar-refractivity contribution in [3.63, 3.8) is 0 Å². The van der Waals surface area contributed by atoms with Gasteiger partial charge in [-0.1, -0.05) is 53.0 Å². The van der Waals surface area contributed by atoms with Crippen molar-refractivity contribution in [3.05, 3.63) is 57.5 Å². The highest BCUT2D eigenvalue weighted by atomic mass is 79.9. The fourth-order valence-electron chi connectivity index (χ4n) is 1.97. The summed E-state index contributed by atoms with van der Waals surface area (Å²) in [6, 6.07) is 13.1. The summed E-state index contributed by atoms with van der Waals surface area (Å²) in [7, 11) is 0. The Morgan fingerprint density at radius 3 is 2.59 bits per heavy atom. The van der Waals surface area contributed by atoms with Crippen molar-refractivity contribution in [2.45, 2.75) is 19.8 Å². The second-order valence-corrected chi connectivity index (χ2v) is 6.18. The van der Waals surface area contributed by atoms with Gasteiger partial charge < -0.3 is 10.1 Å². The van der Waals surface area contributed by atoms with E-state index in [4.69, 9.17) is 16.3 Å². The third-order valence-electron chi connectivity index (χ3n) is 3.04. The van der Waals surface area contributed by atoms with Crippen LogP contribution in [0.1, 0.15) is 18.9 Å². The second-order valence-electron chi connectivity index (χ2n) is 4.85. The largest absolute Gasteiger partial charge is 0.484 e. The molecule has 2 rings (SSSR count). The maximum absolute atomic E-state index is 11.9. The summed E-state index contributed by atoms with van der Waals surface area (Å²) in [5.41, 5.74) is 1.83. The van der Waals surface area contributed by atoms with Crippen LogP contribution >= 0.6 is 27.5 Å². The van der Waals surface area contributed by atoms with E-state index in [2.05, 4.69) is 28.2 Å². The lowest BCUT2D eigenvalue weighted by molar-refractivity contribution is -0.118. The Kier molecular flexibility index (Phi) is 6.28. The van der Waals surface area contributed by atoms with Crippen molar-refractivity contribution in [2.75, 3.05) is 11.9 Å². The first-order valence-corrected chi connectivity index (χ1v) is 8.22. The molecule has 3 nitrogen and oxygen atoms in total. The van der Waals surface area contributed by atoms with Crippen LogP contribution in [0, 0.1) is 0 Å². The smallest absolute Gasteiger partial charge is 0.262 e. The number of hydrogen-bond acceptors (Lipinski definition) is 2. The standard InChI is InChI=1S/C17H17BrClNO2/c1-2-3-12-4-7-14(8-5-12)22-11-17(21)20-16-9-6-13(18)10-15(16)19/h4-10H,2-3,11H2,1H3,(H,20,21). The van der Waals surface area contributed by atoms with E-state index in [1.165, 1.54) is 5.56 Å². The number of hydrogen-bond donors (Lipinski definition) is 1. The Hall–Kier alpha value is -1.52. The lowest BCUT2D eigenvalue weighted by Crippen LogP contribution is -2.20. The topological polar surface area (TPSA) is 38.3 Å². The van der Waals surface area contributed by atoms with Gasteiger partial charge in [0.2, 0.25) is 0 Å². The number of carbonyl (C=O) groups is 1. The van der Waals surface area contributed by atoms with Crippen LogP contribution in [0.5, 0.6) is 5.75 Å². The van der Waals surface area contributed by atoms with Gasteiger partial charge in [0.05, 0.1) is 10.7 Å². The Balaban J connectivity index is 1.87. The number of benzene rings is 2. The summed E-state index contributed by atoms with van der Waals surface area (Å²) in [5.74, 6) is 0.429. The molecule has 0 saturated heterocycles. The average Bonchev–Trinajstić information content (AvgIpc) is 2.50. The van der Waals surface area contributed by atoms with Crippen LogP contribution < -0.4 is 10.1 Å². The van der Waals surface area contributed by atoms with Crippen molar-refractivity contribution in [1.29, 1.82) is 0 Å². The first-order chi connectivity index (χ1) is 10.6. The number of rotatable bonds is 6. The highest BCUT2D eigenvalue weighted by molar-refractivity contribution is 9.10. The van der Waals surface area contributed by atoms with Gasteiger partial charge in [0, 0.05) is 4.47 Å². The van der Waals surface area contributed by atoms with Gasteiger partial charge in [-0.15, -0.1) is 0 Å². The fourth-order valence-corrected chi connectivity index (χ4v) is 2.69. The Bertz CT molecular complexity index is 644. The summed E-state index contributed by atoms with van der Waals surface area (Å²) in [6.45, 7) is 2.08. The quantitative estimate of drug-likeness (QED) is 0.757. The Morgan fingerprint density at radius 2 is 1.95 bits per heavy atom. The van der Waals surface area contributed by atoms with Gasteiger partial charge in [-0.2, -0.15) is 0 Å². The molecule has 2 aromatic rings. The fraction of sp³-hybridized carbons (Fsp3) is 0.235. The average molecular weight is 383 g/mol. The van der Waals surface area contributed by atoms with Crippen LogP contribution in [0.25, 0.3) is 0 Å². The lowest BCUT2D eigenvalue weighted by atomic mass is 10.1. The zero-order valence-corrected chi connectivity index (χ0v) is 14.6. The van der Waals surface area contributed by atoms with Crippen LogP contribution in [0.2, 0.25) is 5.02 Å². The number of aryl methyl sites for hydroxylation is 1. The maximum atomic E-state index is 11.9. The lowest BCUT2D eigenvalue weighted by Gasteiger charge is -2.09. The number of anilines is 1. The molecule has 116 valence electrons. The van der Waals surface area contributed by atoms with Crippen LogP contribution in [-0.4, -0.2) is 12.5 Å². The van der Waals surface area contributed by atoms with E-state index in [-0.39, 0.29) is 12.5 Å². The molecule has 0 fully saturated rings. The number of halogens is 2. The van der Waals surface area contributed by atoms with E-state index >= 15 is 0 Å². The minimum Gasteiger partial charge on any atom is -0.484 e. The molecule has 1 N–H and O–H groups in total. The molecule has 2 aromatic carbocycles. The molecule has 0 aliphatic heterocycles. The molecule has 0 saturated carbocycles. The van der Waals surface area contributed by atoms with Crippen LogP contribution in [0.4, 0.5) is 5.69 Å². The molecule has 0 aliphatic rings. The third-order valence-corrected chi connectivity index (χ3v) is 3.84. The van der Waals surface area contributed by atoms with Gasteiger partial charge in [-0.05, 0) is 42.3 Å². The van der Waals surface area contributed by atoms with E-state index in [0.717, 1.165) is 17.3 Å². The zero-order valence-electron chi connectivity index (χ0n) is 12.2. The third kappa shape index (κ3) is 5.04. The molecule has 0 atom stereocenters. The molecular formula is C17H17BrClNO2. The summed E-state index contributed by atoms with van der Waals surface area (Å²) in [6.07, 6.45) is 2.15. The van der Waals surface area contributed by atoms with Crippen LogP contribution in [0.3, 0.4) is 0 Å². The molecule has 22 heavy (non-hydrogen) atoms. The van der Waals surface area contributed by atoms with Crippen molar-refractivity contribution in [1.82, 2.24) is 0 Å². The second kappa shape index (κ2) is 8.20. The normalized spacial score (nSPS) is 10.3. The number of amides is 1. The maximum Gasteiger partial charge on any atom is 0.262 e. The minimum atomic E-state index is -0.248. The summed E-state index contributed by atoms with van der Waals surface area (Å²) in [5, 5.41) is 3.20. The van der Waals surface area contributed by atoms with Crippen molar-refractivity contribution < 1.29 is 9.53 Å². The van der Waals surface area contributed by atoms with Gasteiger partial charge in [-0.25, -0.2) is 0 Å². The molecule has 0 radical (unpaired) electrons. The number of ether oxygens (including phenoxy) is 1. The number of nitrogens with one attached hydrogen (secondary N) is 1. The van der Waals surface area contributed by atoms with Gasteiger partial charge in [0.1, 0.15) is 5.75 Å². The van der Waals surface area contributed by atoms with Gasteiger partial charge in [0.25, 0.3) is 5.91 Å². The van der Waals surface area contributed by atoms with Crippen molar-refractivity contribution >= 4 is 39.1 Å². The molecule has 1 amide bonds. The summed E-state index contributed by atoms with van der Waals surface area (Å²) >= 11 is 9.37. The Labute approximate surface area is 143 Å². The first kappa shape index (κ1) is 16.8. The molecule has 0 aliphatic carbocycles. The monoisotopic (exact) mass is 381 g/mol. The molecule has 5 heteroatoms. The molecule has 0 spiro atoms. The van der Waals surface area contributed by atoms with E-state index in [1.54, 1.807) is 12.1 Å². The minimum absolute atomic E-state index is 0.0560. The zero-order chi connectivity index (χ0) is 15.9. The summed E-state index contributed by atoms with van der Waals surface area (Å²) in [4.78, 5) is 11.9. The predicted molar refractivity (Wildman–Crippen MR) is 93.7 cm³/mol. The van der Waals surface area contributed by atoms with Crippen molar-refractivity contribution in [2.24, 2.45) is 0 Å². The predicted octanol–water partition coefficient (Wildman–Crippen LogP) is 5.07. The van der Waals surface area contributed by atoms with Crippen LogP contribution in [-0.2, 0) is 11.2 Å². The van der Waals surface area contributed by atoms with E-state index in [9.17, 15) is 4.79 Å². The highest BCUT2D eigenvalue weighted by Gasteiger charge is 2.07. The van der Waals surface area contributed by atoms with E-state index < -0.39 is 0 Å². The van der Waals surface area contributed by atoms with Gasteiger partial charge in [-0.3, -0.25) is 4.79 Å². The molecule has 0 aromatic heterocycles. The molecule has 0 bridgehead atoms. The number of carbonyl (C=O) groups excluding carboxylic acids is 1. The molecule has 0 unspecified atom stereocenters. The summed E-state index contributed by atoms with van der Waals surface area (Å²) < 4.78 is 6.33. The van der Waals surface area contributed by atoms with E-state index in [1.807, 2.05) is 30.3 Å².